The van der Waals surface area contributed by atoms with Gasteiger partial charge in [0.1, 0.15) is 54.9 Å². The van der Waals surface area contributed by atoms with E-state index < -0.39 is 76.0 Å². The Morgan fingerprint density at radius 3 is 0.805 bits per heavy atom. The Labute approximate surface area is 482 Å². The number of benzene rings is 8. The fraction of sp³-hybridized carbons (Fsp3) is 0.304. The fourth-order valence-corrected chi connectivity index (χ4v) is 12.2. The van der Waals surface area contributed by atoms with Gasteiger partial charge in [0, 0.05) is 0 Å². The van der Waals surface area contributed by atoms with E-state index in [2.05, 4.69) is 0 Å². The van der Waals surface area contributed by atoms with Gasteiger partial charge >= 0.3 is 0 Å². The van der Waals surface area contributed by atoms with Crippen molar-refractivity contribution in [3.8, 4) is 0 Å². The summed E-state index contributed by atoms with van der Waals surface area (Å²) in [4.78, 5) is 0. The monoisotopic (exact) mass is 1120 g/mol. The SMILES string of the molecule is O=S(=O)(C[C@@H]1O[C@H](COCc2ccccc2)[C@@H](OCc2ccccc2)[C@H](OCc2ccccc2)[C@H]1OCc1ccccc1)[C@@H]1O[C@H](COCc2ccccc2)[C@@H](OCc2ccccc2)[C@H](OCc2ccccc2)[C@H]1OCc1ccccc1. The molecule has 10 atom stereocenters. The van der Waals surface area contributed by atoms with E-state index in [9.17, 15) is 0 Å². The minimum absolute atomic E-state index is 0.0314. The third kappa shape index (κ3) is 17.0. The van der Waals surface area contributed by atoms with Gasteiger partial charge in [-0.25, -0.2) is 8.42 Å². The van der Waals surface area contributed by atoms with Crippen molar-refractivity contribution in [2.24, 2.45) is 0 Å². The molecule has 82 heavy (non-hydrogen) atoms. The zero-order chi connectivity index (χ0) is 56.0. The van der Waals surface area contributed by atoms with E-state index in [4.69, 9.17) is 47.4 Å². The first-order valence-corrected chi connectivity index (χ1v) is 29.8. The zero-order valence-electron chi connectivity index (χ0n) is 46.0. The number of rotatable bonds is 29. The molecule has 2 aliphatic heterocycles. The molecule has 2 saturated heterocycles. The molecule has 8 aromatic carbocycles. The van der Waals surface area contributed by atoms with Gasteiger partial charge in [0.15, 0.2) is 15.3 Å². The van der Waals surface area contributed by atoms with Crippen LogP contribution in [0.2, 0.25) is 0 Å². The van der Waals surface area contributed by atoms with Crippen LogP contribution >= 0.6 is 0 Å². The lowest BCUT2D eigenvalue weighted by Crippen LogP contribution is -2.65. The molecule has 0 amide bonds. The zero-order valence-corrected chi connectivity index (χ0v) is 46.8. The van der Waals surface area contributed by atoms with E-state index in [1.165, 1.54) is 0 Å². The van der Waals surface area contributed by atoms with E-state index in [0.29, 0.717) is 0 Å². The Morgan fingerprint density at radius 2 is 0.500 bits per heavy atom. The highest BCUT2D eigenvalue weighted by atomic mass is 32.2. The highest BCUT2D eigenvalue weighted by Crippen LogP contribution is 2.37. The number of ether oxygens (including phenoxy) is 10. The lowest BCUT2D eigenvalue weighted by Gasteiger charge is -2.48. The van der Waals surface area contributed by atoms with Crippen molar-refractivity contribution in [3.05, 3.63) is 287 Å². The summed E-state index contributed by atoms with van der Waals surface area (Å²) in [5.41, 5.74) is 5.65. The number of sulfone groups is 1. The Morgan fingerprint density at radius 1 is 0.268 bits per heavy atom. The fourth-order valence-electron chi connectivity index (χ4n) is 10.4. The molecule has 0 radical (unpaired) electrons. The second-order valence-corrected chi connectivity index (χ2v) is 22.8. The third-order valence-electron chi connectivity index (χ3n) is 14.6. The van der Waals surface area contributed by atoms with Gasteiger partial charge in [0.25, 0.3) is 0 Å². The summed E-state index contributed by atoms with van der Waals surface area (Å²) < 4.78 is 101. The summed E-state index contributed by atoms with van der Waals surface area (Å²) in [5.74, 6) is -0.577. The van der Waals surface area contributed by atoms with E-state index in [1.807, 2.05) is 243 Å². The molecule has 426 valence electrons. The second kappa shape index (κ2) is 30.6. The molecule has 2 heterocycles. The molecule has 2 aliphatic rings. The Hall–Kier alpha value is -6.69. The van der Waals surface area contributed by atoms with E-state index in [0.717, 1.165) is 44.5 Å². The van der Waals surface area contributed by atoms with Gasteiger partial charge in [-0.1, -0.05) is 243 Å². The van der Waals surface area contributed by atoms with Gasteiger partial charge in [-0.2, -0.15) is 0 Å². The standard InChI is InChI=1S/C69H72O12S/c70-82(71,69-68(79-48-59-39-23-8-24-40-59)67(78-47-58-37-21-7-22-38-58)64(75-44-55-31-15-4-16-32-55)61(81-69)50-73-42-53-27-11-2-12-28-53)51-62-65(76-45-56-33-17-5-18-34-56)66(77-46-57-35-19-6-20-36-57)63(74-43-54-29-13-3-14-30-54)60(80-62)49-72-41-52-25-9-1-10-26-52/h1-40,60-69H,41-51H2/t60-,61-,62+,63-,64-,65+,66+,67+,68-,69+/m1/s1. The molecule has 0 unspecified atom stereocenters. The van der Waals surface area contributed by atoms with Crippen LogP contribution in [0.3, 0.4) is 0 Å². The normalized spacial score (nSPS) is 22.8. The molecule has 12 nitrogen and oxygen atoms in total. The van der Waals surface area contributed by atoms with Gasteiger partial charge in [0.2, 0.25) is 0 Å². The maximum Gasteiger partial charge on any atom is 0.187 e. The molecular weight excluding hydrogens is 1050 g/mol. The van der Waals surface area contributed by atoms with Crippen LogP contribution in [-0.2, 0) is 110 Å². The van der Waals surface area contributed by atoms with Gasteiger partial charge in [-0.3, -0.25) is 0 Å². The predicted molar refractivity (Wildman–Crippen MR) is 313 cm³/mol. The highest BCUT2D eigenvalue weighted by molar-refractivity contribution is 7.92. The topological polar surface area (TPSA) is 126 Å². The third-order valence-corrected chi connectivity index (χ3v) is 16.5. The quantitative estimate of drug-likeness (QED) is 0.0443. The van der Waals surface area contributed by atoms with Crippen LogP contribution in [0.5, 0.6) is 0 Å². The molecule has 13 heteroatoms. The average molecular weight is 1130 g/mol. The van der Waals surface area contributed by atoms with E-state index >= 15 is 8.42 Å². The van der Waals surface area contributed by atoms with Gasteiger partial charge in [-0.05, 0) is 44.5 Å². The molecular formula is C69H72O12S. The Bertz CT molecular complexity index is 3150. The Kier molecular flexibility index (Phi) is 21.8. The van der Waals surface area contributed by atoms with Crippen molar-refractivity contribution in [1.82, 2.24) is 0 Å². The minimum Gasteiger partial charge on any atom is -0.374 e. The van der Waals surface area contributed by atoms with E-state index in [-0.39, 0.29) is 66.1 Å². The first-order chi connectivity index (χ1) is 40.4. The molecule has 0 N–H and O–H groups in total. The first-order valence-electron chi connectivity index (χ1n) is 28.1. The van der Waals surface area contributed by atoms with E-state index in [1.54, 1.807) is 0 Å². The van der Waals surface area contributed by atoms with Gasteiger partial charge in [0.05, 0.1) is 71.8 Å². The van der Waals surface area contributed by atoms with Gasteiger partial charge < -0.3 is 47.4 Å². The minimum atomic E-state index is -4.50. The summed E-state index contributed by atoms with van der Waals surface area (Å²) in [6, 6.07) is 78.4. The summed E-state index contributed by atoms with van der Waals surface area (Å²) in [6.07, 6.45) is -8.72. The molecule has 0 saturated carbocycles. The maximum atomic E-state index is 16.2. The maximum absolute atomic E-state index is 16.2. The number of hydrogen-bond donors (Lipinski definition) is 0. The number of hydrogen-bond acceptors (Lipinski definition) is 12. The molecule has 2 fully saturated rings. The van der Waals surface area contributed by atoms with Crippen molar-refractivity contribution >= 4 is 9.84 Å². The summed E-state index contributed by atoms with van der Waals surface area (Å²) in [7, 11) is -4.50. The van der Waals surface area contributed by atoms with Crippen molar-refractivity contribution in [2.45, 2.75) is 113 Å². The van der Waals surface area contributed by atoms with Crippen LogP contribution in [0, 0.1) is 0 Å². The lowest BCUT2D eigenvalue weighted by molar-refractivity contribution is -0.269. The highest BCUT2D eigenvalue weighted by Gasteiger charge is 2.56. The van der Waals surface area contributed by atoms with Crippen LogP contribution in [-0.4, -0.2) is 87.8 Å². The molecule has 8 aromatic rings. The molecule has 0 spiro atoms. The van der Waals surface area contributed by atoms with Crippen LogP contribution in [0.4, 0.5) is 0 Å². The largest absolute Gasteiger partial charge is 0.374 e. The molecule has 0 aliphatic carbocycles. The van der Waals surface area contributed by atoms with Gasteiger partial charge in [-0.15, -0.1) is 0 Å². The molecule has 0 bridgehead atoms. The van der Waals surface area contributed by atoms with Crippen LogP contribution < -0.4 is 0 Å². The van der Waals surface area contributed by atoms with Crippen LogP contribution in [0.15, 0.2) is 243 Å². The van der Waals surface area contributed by atoms with Crippen molar-refractivity contribution < 1.29 is 55.8 Å². The lowest BCUT2D eigenvalue weighted by atomic mass is 9.94. The van der Waals surface area contributed by atoms with Crippen molar-refractivity contribution in [2.75, 3.05) is 19.0 Å². The van der Waals surface area contributed by atoms with Crippen LogP contribution in [0.25, 0.3) is 0 Å². The summed E-state index contributed by atoms with van der Waals surface area (Å²) in [5, 5.41) is 0. The summed E-state index contributed by atoms with van der Waals surface area (Å²) in [6.45, 7) is 1.40. The van der Waals surface area contributed by atoms with Crippen molar-refractivity contribution in [3.63, 3.8) is 0 Å². The van der Waals surface area contributed by atoms with Crippen LogP contribution in [0.1, 0.15) is 44.5 Å². The first kappa shape index (κ1) is 58.5. The smallest absolute Gasteiger partial charge is 0.187 e. The molecule has 0 aromatic heterocycles. The average Bonchev–Trinajstić information content (AvgIpc) is 3.31. The Balaban J connectivity index is 1.04. The second-order valence-electron chi connectivity index (χ2n) is 20.7. The summed E-state index contributed by atoms with van der Waals surface area (Å²) >= 11 is 0. The predicted octanol–water partition coefficient (Wildman–Crippen LogP) is 11.8. The molecule has 10 rings (SSSR count). The van der Waals surface area contributed by atoms with Crippen molar-refractivity contribution in [1.29, 1.82) is 0 Å².